The summed E-state index contributed by atoms with van der Waals surface area (Å²) in [5.41, 5.74) is 8.93. The summed E-state index contributed by atoms with van der Waals surface area (Å²) in [6.45, 7) is 6.71. The third-order valence-electron chi connectivity index (χ3n) is 6.91. The number of hydrazine groups is 2. The molecule has 2 amide bonds. The predicted molar refractivity (Wildman–Crippen MR) is 201 cm³/mol. The zero-order valence-electron chi connectivity index (χ0n) is 31.5. The maximum Gasteiger partial charge on any atom is 0.328 e. The molecule has 24 nitrogen and oxygen atoms in total. The Morgan fingerprint density at radius 3 is 1.05 bits per heavy atom. The van der Waals surface area contributed by atoms with Crippen LogP contribution in [0.2, 0.25) is 0 Å². The number of aliphatic carboxylic acids is 6. The number of hydrogen-bond acceptors (Lipinski definition) is 16. The maximum absolute atomic E-state index is 11.8. The number of anilines is 2. The minimum atomic E-state index is -1.26. The number of nitrogen functional groups attached to an aromatic ring is 2. The van der Waals surface area contributed by atoms with Crippen LogP contribution in [0, 0.1) is 0 Å². The lowest BCUT2D eigenvalue weighted by molar-refractivity contribution is -0.134. The van der Waals surface area contributed by atoms with E-state index < -0.39 is 35.8 Å². The van der Waals surface area contributed by atoms with E-state index in [1.54, 1.807) is 0 Å². The van der Waals surface area contributed by atoms with Gasteiger partial charge in [0.25, 0.3) is 0 Å². The Balaban J connectivity index is 0.000000740. The minimum absolute atomic E-state index is 0.206. The van der Waals surface area contributed by atoms with Gasteiger partial charge < -0.3 is 51.3 Å². The average molecular weight is 819 g/mol. The summed E-state index contributed by atoms with van der Waals surface area (Å²) in [6.07, 6.45) is 7.86. The molecule has 0 spiro atoms. The SMILES string of the molecule is CCCC(=O)N1CCc2nnc(NN)cc2C1.CCCC(=O)N1CCc2nnc(NN)cc2C1.O=C(O)/C=C/C(=O)O.O=C(O)/C=C/C(=O)O.O=C(O)/C=C/C(=O)O. The summed E-state index contributed by atoms with van der Waals surface area (Å²) in [5, 5.41) is 62.9. The first kappa shape index (κ1) is 50.7. The van der Waals surface area contributed by atoms with E-state index in [9.17, 15) is 38.4 Å². The molecule has 58 heavy (non-hydrogen) atoms. The number of nitrogens with one attached hydrogen (secondary N) is 2. The fourth-order valence-electron chi connectivity index (χ4n) is 4.40. The lowest BCUT2D eigenvalue weighted by Crippen LogP contribution is -2.36. The number of amides is 2. The molecule has 2 aliphatic heterocycles. The van der Waals surface area contributed by atoms with E-state index in [1.807, 2.05) is 35.8 Å². The second-order valence-electron chi connectivity index (χ2n) is 11.4. The highest BCUT2D eigenvalue weighted by Crippen LogP contribution is 2.20. The normalized spacial score (nSPS) is 12.3. The molecule has 0 fully saturated rings. The highest BCUT2D eigenvalue weighted by Gasteiger charge is 2.22. The smallest absolute Gasteiger partial charge is 0.328 e. The van der Waals surface area contributed by atoms with Crippen molar-refractivity contribution in [2.75, 3.05) is 23.9 Å². The van der Waals surface area contributed by atoms with Crippen molar-refractivity contribution in [1.29, 1.82) is 0 Å². The average Bonchev–Trinajstić information content (AvgIpc) is 3.18. The van der Waals surface area contributed by atoms with Crippen molar-refractivity contribution in [1.82, 2.24) is 30.2 Å². The highest BCUT2D eigenvalue weighted by atomic mass is 16.4. The summed E-state index contributed by atoms with van der Waals surface area (Å²) in [6, 6.07) is 3.71. The Morgan fingerprint density at radius 1 is 0.552 bits per heavy atom. The lowest BCUT2D eigenvalue weighted by Gasteiger charge is -2.28. The van der Waals surface area contributed by atoms with Gasteiger partial charge in [-0.05, 0) is 36.1 Å². The maximum atomic E-state index is 11.8. The number of nitrogens with two attached hydrogens (primary N) is 2. The van der Waals surface area contributed by atoms with Crippen LogP contribution in [0.15, 0.2) is 48.6 Å². The first-order valence-corrected chi connectivity index (χ1v) is 17.0. The van der Waals surface area contributed by atoms with Crippen LogP contribution in [0.1, 0.15) is 62.0 Å². The van der Waals surface area contributed by atoms with Crippen LogP contribution < -0.4 is 22.5 Å². The Hall–Kier alpha value is -7.34. The molecule has 2 aliphatic rings. The van der Waals surface area contributed by atoms with Crippen LogP contribution in [-0.2, 0) is 64.3 Å². The number of carbonyl (C=O) groups is 8. The van der Waals surface area contributed by atoms with Gasteiger partial charge in [-0.3, -0.25) is 9.59 Å². The molecule has 2 aromatic rings. The number of aromatic nitrogens is 4. The largest absolute Gasteiger partial charge is 0.478 e. The summed E-state index contributed by atoms with van der Waals surface area (Å²) in [7, 11) is 0. The number of carboxylic acids is 6. The van der Waals surface area contributed by atoms with Crippen LogP contribution in [0.25, 0.3) is 0 Å². The number of carboxylic acid groups (broad SMARTS) is 6. The number of rotatable bonds is 12. The summed E-state index contributed by atoms with van der Waals surface area (Å²) in [4.78, 5) is 84.7. The molecule has 0 saturated carbocycles. The zero-order chi connectivity index (χ0) is 44.2. The molecule has 316 valence electrons. The molecule has 0 aromatic carbocycles. The molecule has 0 atom stereocenters. The van der Waals surface area contributed by atoms with Gasteiger partial charge >= 0.3 is 35.8 Å². The predicted octanol–water partition coefficient (Wildman–Crippen LogP) is 0.0294. The van der Waals surface area contributed by atoms with Gasteiger partial charge in [-0.25, -0.2) is 40.5 Å². The van der Waals surface area contributed by atoms with Crippen molar-refractivity contribution < 1.29 is 69.0 Å². The number of nitrogens with zero attached hydrogens (tertiary/aromatic N) is 6. The molecular formula is C34H46N10O14. The monoisotopic (exact) mass is 818 g/mol. The second-order valence-corrected chi connectivity index (χ2v) is 11.4. The third kappa shape index (κ3) is 22.8. The van der Waals surface area contributed by atoms with Gasteiger partial charge in [-0.2, -0.15) is 10.2 Å². The van der Waals surface area contributed by atoms with Gasteiger partial charge in [-0.1, -0.05) is 13.8 Å². The zero-order valence-corrected chi connectivity index (χ0v) is 31.5. The molecule has 0 unspecified atom stereocenters. The van der Waals surface area contributed by atoms with Crippen LogP contribution in [0.4, 0.5) is 11.6 Å². The Bertz CT molecular complexity index is 1630. The molecule has 0 radical (unpaired) electrons. The molecule has 4 rings (SSSR count). The van der Waals surface area contributed by atoms with Crippen LogP contribution in [-0.4, -0.2) is 122 Å². The van der Waals surface area contributed by atoms with E-state index in [4.69, 9.17) is 42.3 Å². The third-order valence-corrected chi connectivity index (χ3v) is 6.91. The van der Waals surface area contributed by atoms with Crippen molar-refractivity contribution in [2.45, 2.75) is 65.5 Å². The van der Waals surface area contributed by atoms with Gasteiger partial charge in [0, 0.05) is 88.3 Å². The van der Waals surface area contributed by atoms with Crippen LogP contribution in [0.3, 0.4) is 0 Å². The van der Waals surface area contributed by atoms with Crippen LogP contribution in [0.5, 0.6) is 0 Å². The second kappa shape index (κ2) is 28.1. The molecule has 12 N–H and O–H groups in total. The number of fused-ring (bicyclic) bond motifs is 2. The van der Waals surface area contributed by atoms with E-state index in [2.05, 4.69) is 31.2 Å². The number of carbonyl (C=O) groups excluding carboxylic acids is 2. The summed E-state index contributed by atoms with van der Waals surface area (Å²) in [5.74, 6) is 4.52. The van der Waals surface area contributed by atoms with E-state index in [-0.39, 0.29) is 11.8 Å². The van der Waals surface area contributed by atoms with E-state index in [0.717, 1.165) is 61.3 Å². The van der Waals surface area contributed by atoms with Gasteiger partial charge in [0.05, 0.1) is 11.4 Å². The van der Waals surface area contributed by atoms with Crippen molar-refractivity contribution in [3.05, 3.63) is 71.1 Å². The first-order chi connectivity index (χ1) is 27.4. The lowest BCUT2D eigenvalue weighted by atomic mass is 10.1. The van der Waals surface area contributed by atoms with Gasteiger partial charge in [0.15, 0.2) is 11.6 Å². The highest BCUT2D eigenvalue weighted by molar-refractivity contribution is 5.90. The quantitative estimate of drug-likeness (QED) is 0.0767. The van der Waals surface area contributed by atoms with Crippen molar-refractivity contribution in [2.24, 2.45) is 11.7 Å². The Kier molecular flexibility index (Phi) is 24.6. The van der Waals surface area contributed by atoms with Gasteiger partial charge in [-0.15, -0.1) is 10.2 Å². The molecule has 0 saturated heterocycles. The van der Waals surface area contributed by atoms with Crippen molar-refractivity contribution in [3.8, 4) is 0 Å². The minimum Gasteiger partial charge on any atom is -0.478 e. The van der Waals surface area contributed by atoms with Crippen LogP contribution >= 0.6 is 0 Å². The Morgan fingerprint density at radius 2 is 0.828 bits per heavy atom. The van der Waals surface area contributed by atoms with E-state index in [1.165, 1.54) is 0 Å². The number of hydrogen-bond donors (Lipinski definition) is 10. The fraction of sp³-hybridized carbons (Fsp3) is 0.353. The first-order valence-electron chi connectivity index (χ1n) is 17.0. The molecule has 2 aromatic heterocycles. The van der Waals surface area contributed by atoms with Gasteiger partial charge in [0.2, 0.25) is 11.8 Å². The van der Waals surface area contributed by atoms with Gasteiger partial charge in [0.1, 0.15) is 0 Å². The molecule has 0 bridgehead atoms. The Labute approximate surface area is 330 Å². The van der Waals surface area contributed by atoms with E-state index in [0.29, 0.717) is 74.0 Å². The summed E-state index contributed by atoms with van der Waals surface area (Å²) >= 11 is 0. The van der Waals surface area contributed by atoms with Crippen molar-refractivity contribution in [3.63, 3.8) is 0 Å². The molecular weight excluding hydrogens is 772 g/mol. The molecule has 4 heterocycles. The van der Waals surface area contributed by atoms with Crippen molar-refractivity contribution >= 4 is 59.3 Å². The molecule has 0 aliphatic carbocycles. The van der Waals surface area contributed by atoms with E-state index >= 15 is 0 Å². The standard InChI is InChI=1S/2C11H17N5O.3C4H4O4/c2*1-2-3-11(17)16-5-4-9-8(7-16)6-10(13-12)15-14-9;3*5-3(6)1-2-4(7)8/h2*6H,2-5,7,12H2,1H3,(H,13,15);3*1-2H,(H,5,6)(H,7,8)/b;;3*2-1+. The fourth-order valence-corrected chi connectivity index (χ4v) is 4.40. The topological polar surface area (TPSA) is 392 Å². The molecule has 24 heteroatoms. The summed E-state index contributed by atoms with van der Waals surface area (Å²) < 4.78 is 0.